The predicted molar refractivity (Wildman–Crippen MR) is 66.8 cm³/mol. The maximum absolute atomic E-state index is 5.75. The number of anilines is 1. The molecule has 0 fully saturated rings. The minimum absolute atomic E-state index is 0.334. The number of ether oxygens (including phenoxy) is 2. The number of nitrogens with zero attached hydrogens (tertiary/aromatic N) is 4. The second kappa shape index (κ2) is 5.74. The van der Waals surface area contributed by atoms with Gasteiger partial charge in [0.15, 0.2) is 11.9 Å². The van der Waals surface area contributed by atoms with Crippen molar-refractivity contribution in [1.29, 1.82) is 0 Å². The maximum Gasteiger partial charge on any atom is 0.177 e. The fraction of sp³-hybridized carbons (Fsp3) is 0.545. The summed E-state index contributed by atoms with van der Waals surface area (Å²) >= 11 is 0. The third kappa shape index (κ3) is 2.57. The van der Waals surface area contributed by atoms with Gasteiger partial charge in [0.1, 0.15) is 12.1 Å². The van der Waals surface area contributed by atoms with Crippen molar-refractivity contribution in [3.8, 4) is 0 Å². The Morgan fingerprint density at radius 1 is 1.28 bits per heavy atom. The van der Waals surface area contributed by atoms with Crippen LogP contribution in [0, 0.1) is 0 Å². The highest BCUT2D eigenvalue weighted by Crippen LogP contribution is 2.16. The van der Waals surface area contributed by atoms with Crippen LogP contribution in [0.4, 0.5) is 5.82 Å². The second-order valence-electron chi connectivity index (χ2n) is 3.66. The monoisotopic (exact) mass is 251 g/mol. The number of nitrogens with two attached hydrogens (primary N) is 1. The molecule has 2 heterocycles. The van der Waals surface area contributed by atoms with Crippen LogP contribution in [0.2, 0.25) is 0 Å². The lowest BCUT2D eigenvalue weighted by molar-refractivity contribution is -0.144. The van der Waals surface area contributed by atoms with Gasteiger partial charge in [0, 0.05) is 13.2 Å². The van der Waals surface area contributed by atoms with Crippen LogP contribution in [0.5, 0.6) is 0 Å². The van der Waals surface area contributed by atoms with Crippen LogP contribution < -0.4 is 5.73 Å². The van der Waals surface area contributed by atoms with E-state index in [4.69, 9.17) is 15.2 Å². The Labute approximate surface area is 105 Å². The number of hydrogen-bond acceptors (Lipinski definition) is 6. The van der Waals surface area contributed by atoms with Gasteiger partial charge in [-0.2, -0.15) is 5.10 Å². The SMILES string of the molecule is CCOC(Cn1ncc2c(N)ncnc21)OCC. The van der Waals surface area contributed by atoms with E-state index in [0.717, 1.165) is 5.39 Å². The van der Waals surface area contributed by atoms with Gasteiger partial charge < -0.3 is 15.2 Å². The van der Waals surface area contributed by atoms with E-state index in [0.29, 0.717) is 31.2 Å². The summed E-state index contributed by atoms with van der Waals surface area (Å²) in [7, 11) is 0. The van der Waals surface area contributed by atoms with E-state index < -0.39 is 0 Å². The number of fused-ring (bicyclic) bond motifs is 1. The van der Waals surface area contributed by atoms with Crippen molar-refractivity contribution in [2.75, 3.05) is 18.9 Å². The Bertz CT molecular complexity index is 507. The van der Waals surface area contributed by atoms with E-state index in [9.17, 15) is 0 Å². The third-order valence-electron chi connectivity index (χ3n) is 2.49. The first-order valence-corrected chi connectivity index (χ1v) is 5.91. The molecule has 0 unspecified atom stereocenters. The average molecular weight is 251 g/mol. The van der Waals surface area contributed by atoms with Crippen molar-refractivity contribution in [3.63, 3.8) is 0 Å². The first-order chi connectivity index (χ1) is 8.76. The molecule has 0 aliphatic heterocycles. The predicted octanol–water partition coefficient (Wildman–Crippen LogP) is 0.808. The Kier molecular flexibility index (Phi) is 4.06. The van der Waals surface area contributed by atoms with Crippen LogP contribution in [0.1, 0.15) is 13.8 Å². The van der Waals surface area contributed by atoms with Crippen molar-refractivity contribution in [2.45, 2.75) is 26.7 Å². The Morgan fingerprint density at radius 3 is 2.67 bits per heavy atom. The van der Waals surface area contributed by atoms with E-state index >= 15 is 0 Å². The van der Waals surface area contributed by atoms with Gasteiger partial charge in [-0.1, -0.05) is 0 Å². The highest BCUT2D eigenvalue weighted by Gasteiger charge is 2.13. The lowest BCUT2D eigenvalue weighted by Gasteiger charge is -2.16. The van der Waals surface area contributed by atoms with E-state index in [-0.39, 0.29) is 6.29 Å². The Morgan fingerprint density at radius 2 is 2.00 bits per heavy atom. The summed E-state index contributed by atoms with van der Waals surface area (Å²) in [4.78, 5) is 8.10. The number of nitrogen functional groups attached to an aromatic ring is 1. The van der Waals surface area contributed by atoms with Crippen LogP contribution in [0.15, 0.2) is 12.5 Å². The molecule has 7 heteroatoms. The van der Waals surface area contributed by atoms with Crippen LogP contribution in [0.25, 0.3) is 11.0 Å². The fourth-order valence-electron chi connectivity index (χ4n) is 1.71. The molecule has 0 saturated heterocycles. The molecule has 2 N–H and O–H groups in total. The summed E-state index contributed by atoms with van der Waals surface area (Å²) in [6.07, 6.45) is 2.74. The molecule has 2 aromatic heterocycles. The van der Waals surface area contributed by atoms with Crippen molar-refractivity contribution >= 4 is 16.9 Å². The largest absolute Gasteiger partial charge is 0.383 e. The minimum atomic E-state index is -0.334. The molecule has 2 rings (SSSR count). The molecule has 0 radical (unpaired) electrons. The molecule has 0 aliphatic carbocycles. The van der Waals surface area contributed by atoms with E-state index in [1.807, 2.05) is 13.8 Å². The minimum Gasteiger partial charge on any atom is -0.383 e. The summed E-state index contributed by atoms with van der Waals surface area (Å²) < 4.78 is 12.7. The molecule has 18 heavy (non-hydrogen) atoms. The van der Waals surface area contributed by atoms with Crippen molar-refractivity contribution in [3.05, 3.63) is 12.5 Å². The summed E-state index contributed by atoms with van der Waals surface area (Å²) in [5, 5.41) is 4.97. The first kappa shape index (κ1) is 12.7. The third-order valence-corrected chi connectivity index (χ3v) is 2.49. The van der Waals surface area contributed by atoms with Crippen LogP contribution in [-0.4, -0.2) is 39.3 Å². The average Bonchev–Trinajstić information content (AvgIpc) is 2.75. The van der Waals surface area contributed by atoms with Crippen molar-refractivity contribution in [1.82, 2.24) is 19.7 Å². The lowest BCUT2D eigenvalue weighted by atomic mass is 10.4. The summed E-state index contributed by atoms with van der Waals surface area (Å²) in [5.41, 5.74) is 6.44. The zero-order chi connectivity index (χ0) is 13.0. The quantitative estimate of drug-likeness (QED) is 0.764. The zero-order valence-electron chi connectivity index (χ0n) is 10.5. The highest BCUT2D eigenvalue weighted by atomic mass is 16.7. The van der Waals surface area contributed by atoms with Gasteiger partial charge in [0.2, 0.25) is 0 Å². The molecule has 0 spiro atoms. The van der Waals surface area contributed by atoms with Crippen molar-refractivity contribution in [2.24, 2.45) is 0 Å². The Balaban J connectivity index is 2.22. The fourth-order valence-corrected chi connectivity index (χ4v) is 1.71. The number of aromatic nitrogens is 4. The molecule has 0 aromatic carbocycles. The summed E-state index contributed by atoms with van der Waals surface area (Å²) in [6.45, 7) is 5.49. The molecule has 98 valence electrons. The Hall–Kier alpha value is -1.73. The van der Waals surface area contributed by atoms with Crippen LogP contribution >= 0.6 is 0 Å². The molecular formula is C11H17N5O2. The summed E-state index contributed by atoms with van der Waals surface area (Å²) in [5.74, 6) is 0.426. The molecular weight excluding hydrogens is 234 g/mol. The molecule has 7 nitrogen and oxygen atoms in total. The van der Waals surface area contributed by atoms with Gasteiger partial charge in [-0.05, 0) is 13.8 Å². The maximum atomic E-state index is 5.75. The molecule has 0 aliphatic rings. The van der Waals surface area contributed by atoms with E-state index in [2.05, 4.69) is 15.1 Å². The van der Waals surface area contributed by atoms with Gasteiger partial charge in [0.05, 0.1) is 18.1 Å². The molecule has 2 aromatic rings. The number of hydrogen-bond donors (Lipinski definition) is 1. The first-order valence-electron chi connectivity index (χ1n) is 5.91. The normalized spacial score (nSPS) is 11.5. The van der Waals surface area contributed by atoms with Gasteiger partial charge in [-0.3, -0.25) is 0 Å². The smallest absolute Gasteiger partial charge is 0.177 e. The molecule has 0 atom stereocenters. The zero-order valence-corrected chi connectivity index (χ0v) is 10.5. The lowest BCUT2D eigenvalue weighted by Crippen LogP contribution is -2.24. The molecule has 0 amide bonds. The van der Waals surface area contributed by atoms with Gasteiger partial charge in [0.25, 0.3) is 0 Å². The van der Waals surface area contributed by atoms with Gasteiger partial charge in [-0.15, -0.1) is 0 Å². The second-order valence-corrected chi connectivity index (χ2v) is 3.66. The number of rotatable bonds is 6. The van der Waals surface area contributed by atoms with Gasteiger partial charge in [-0.25, -0.2) is 14.6 Å². The van der Waals surface area contributed by atoms with E-state index in [1.54, 1.807) is 10.9 Å². The van der Waals surface area contributed by atoms with E-state index in [1.165, 1.54) is 6.33 Å². The summed E-state index contributed by atoms with van der Waals surface area (Å²) in [6, 6.07) is 0. The van der Waals surface area contributed by atoms with Crippen molar-refractivity contribution < 1.29 is 9.47 Å². The van der Waals surface area contributed by atoms with Crippen LogP contribution in [-0.2, 0) is 16.0 Å². The highest BCUT2D eigenvalue weighted by molar-refractivity contribution is 5.84. The van der Waals surface area contributed by atoms with Crippen LogP contribution in [0.3, 0.4) is 0 Å². The topological polar surface area (TPSA) is 88.1 Å². The standard InChI is InChI=1S/C11H17N5O2/c1-3-17-9(18-4-2)6-16-11-8(5-15-16)10(12)13-7-14-11/h5,7,9H,3-4,6H2,1-2H3,(H2,12,13,14). The molecule has 0 bridgehead atoms. The van der Waals surface area contributed by atoms with Gasteiger partial charge >= 0.3 is 0 Å². The molecule has 0 saturated carbocycles.